The maximum absolute atomic E-state index is 13.6. The quantitative estimate of drug-likeness (QED) is 0.845. The SMILES string of the molecule is CN(Cc1cc(F)ccc1N)c1ccccc1F. The first-order chi connectivity index (χ1) is 8.58. The number of nitrogen functional groups attached to an aromatic ring is 1. The largest absolute Gasteiger partial charge is 0.398 e. The van der Waals surface area contributed by atoms with Crippen molar-refractivity contribution in [3.8, 4) is 0 Å². The molecule has 94 valence electrons. The molecule has 0 aliphatic carbocycles. The fourth-order valence-corrected chi connectivity index (χ4v) is 1.81. The van der Waals surface area contributed by atoms with Gasteiger partial charge in [0.05, 0.1) is 5.69 Å². The van der Waals surface area contributed by atoms with Crippen LogP contribution in [0.1, 0.15) is 5.56 Å². The lowest BCUT2D eigenvalue weighted by Crippen LogP contribution is -2.18. The van der Waals surface area contributed by atoms with Crippen molar-refractivity contribution in [3.05, 3.63) is 59.7 Å². The van der Waals surface area contributed by atoms with Gasteiger partial charge in [0.15, 0.2) is 0 Å². The molecule has 2 aromatic carbocycles. The summed E-state index contributed by atoms with van der Waals surface area (Å²) in [5.41, 5.74) is 7.37. The van der Waals surface area contributed by atoms with Crippen LogP contribution in [0.15, 0.2) is 42.5 Å². The van der Waals surface area contributed by atoms with Gasteiger partial charge < -0.3 is 10.6 Å². The van der Waals surface area contributed by atoms with Crippen LogP contribution in [0, 0.1) is 11.6 Å². The van der Waals surface area contributed by atoms with Gasteiger partial charge in [-0.2, -0.15) is 0 Å². The number of nitrogens with two attached hydrogens (primary N) is 1. The Bertz CT molecular complexity index is 555. The van der Waals surface area contributed by atoms with Gasteiger partial charge in [0.1, 0.15) is 11.6 Å². The van der Waals surface area contributed by atoms with Crippen molar-refractivity contribution in [1.82, 2.24) is 0 Å². The lowest BCUT2D eigenvalue weighted by Gasteiger charge is -2.20. The van der Waals surface area contributed by atoms with Gasteiger partial charge in [-0.15, -0.1) is 0 Å². The average molecular weight is 248 g/mol. The Kier molecular flexibility index (Phi) is 3.46. The first-order valence-corrected chi connectivity index (χ1v) is 5.57. The summed E-state index contributed by atoms with van der Waals surface area (Å²) in [5, 5.41) is 0. The summed E-state index contributed by atoms with van der Waals surface area (Å²) in [6, 6.07) is 10.6. The third-order valence-electron chi connectivity index (χ3n) is 2.78. The highest BCUT2D eigenvalue weighted by molar-refractivity contribution is 5.52. The van der Waals surface area contributed by atoms with Crippen LogP contribution in [0.3, 0.4) is 0 Å². The van der Waals surface area contributed by atoms with E-state index < -0.39 is 0 Å². The molecule has 0 bridgehead atoms. The van der Waals surface area contributed by atoms with Gasteiger partial charge >= 0.3 is 0 Å². The normalized spacial score (nSPS) is 10.4. The Morgan fingerprint density at radius 3 is 2.56 bits per heavy atom. The zero-order valence-electron chi connectivity index (χ0n) is 10.0. The zero-order chi connectivity index (χ0) is 13.1. The molecule has 4 heteroatoms. The molecule has 0 atom stereocenters. The van der Waals surface area contributed by atoms with E-state index in [1.807, 2.05) is 0 Å². The summed E-state index contributed by atoms with van der Waals surface area (Å²) in [6.45, 7) is 0.352. The van der Waals surface area contributed by atoms with Crippen LogP contribution in [0.4, 0.5) is 20.2 Å². The fourth-order valence-electron chi connectivity index (χ4n) is 1.81. The molecule has 0 aliphatic heterocycles. The van der Waals surface area contributed by atoms with Crippen LogP contribution >= 0.6 is 0 Å². The Hall–Kier alpha value is -2.10. The van der Waals surface area contributed by atoms with Crippen LogP contribution in [0.25, 0.3) is 0 Å². The molecule has 2 N–H and O–H groups in total. The molecule has 0 fully saturated rings. The van der Waals surface area contributed by atoms with Gasteiger partial charge in [0, 0.05) is 19.3 Å². The highest BCUT2D eigenvalue weighted by atomic mass is 19.1. The first kappa shape index (κ1) is 12.4. The van der Waals surface area contributed by atoms with Gasteiger partial charge in [-0.3, -0.25) is 0 Å². The molecule has 0 unspecified atom stereocenters. The molecule has 0 aliphatic rings. The van der Waals surface area contributed by atoms with E-state index in [-0.39, 0.29) is 11.6 Å². The number of para-hydroxylation sites is 1. The predicted molar refractivity (Wildman–Crippen MR) is 69.3 cm³/mol. The Balaban J connectivity index is 2.24. The zero-order valence-corrected chi connectivity index (χ0v) is 10.0. The van der Waals surface area contributed by atoms with Gasteiger partial charge in [-0.05, 0) is 35.9 Å². The van der Waals surface area contributed by atoms with Crippen LogP contribution in [0.5, 0.6) is 0 Å². The van der Waals surface area contributed by atoms with Crippen molar-refractivity contribution in [2.45, 2.75) is 6.54 Å². The molecule has 0 saturated heterocycles. The monoisotopic (exact) mass is 248 g/mol. The summed E-state index contributed by atoms with van der Waals surface area (Å²) in [6.07, 6.45) is 0. The summed E-state index contributed by atoms with van der Waals surface area (Å²) in [5.74, 6) is -0.656. The third-order valence-corrected chi connectivity index (χ3v) is 2.78. The highest BCUT2D eigenvalue weighted by Gasteiger charge is 2.09. The predicted octanol–water partition coefficient (Wildman–Crippen LogP) is 3.18. The minimum atomic E-state index is -0.346. The second kappa shape index (κ2) is 5.04. The van der Waals surface area contributed by atoms with Crippen molar-refractivity contribution in [2.75, 3.05) is 17.7 Å². The molecule has 0 saturated carbocycles. The maximum Gasteiger partial charge on any atom is 0.146 e. The van der Waals surface area contributed by atoms with E-state index in [0.717, 1.165) is 0 Å². The topological polar surface area (TPSA) is 29.3 Å². The Labute approximate surface area is 105 Å². The number of benzene rings is 2. The smallest absolute Gasteiger partial charge is 0.146 e. The molecule has 2 rings (SSSR count). The van der Waals surface area contributed by atoms with Crippen molar-refractivity contribution < 1.29 is 8.78 Å². The van der Waals surface area contributed by atoms with Crippen molar-refractivity contribution >= 4 is 11.4 Å². The number of nitrogens with zero attached hydrogens (tertiary/aromatic N) is 1. The number of halogens is 2. The molecule has 0 spiro atoms. The maximum atomic E-state index is 13.6. The standard InChI is InChI=1S/C14H14F2N2/c1-18(14-5-3-2-4-12(14)16)9-10-8-11(15)6-7-13(10)17/h2-8H,9,17H2,1H3. The Morgan fingerprint density at radius 2 is 1.83 bits per heavy atom. The van der Waals surface area contributed by atoms with Crippen molar-refractivity contribution in [1.29, 1.82) is 0 Å². The number of rotatable bonds is 3. The van der Waals surface area contributed by atoms with Crippen molar-refractivity contribution in [3.63, 3.8) is 0 Å². The number of anilines is 2. The van der Waals surface area contributed by atoms with E-state index in [9.17, 15) is 8.78 Å². The summed E-state index contributed by atoms with van der Waals surface area (Å²) in [4.78, 5) is 1.69. The molecule has 0 amide bonds. The van der Waals surface area contributed by atoms with Gasteiger partial charge in [-0.1, -0.05) is 12.1 Å². The fraction of sp³-hybridized carbons (Fsp3) is 0.143. The summed E-state index contributed by atoms with van der Waals surface area (Å²) in [7, 11) is 1.74. The third kappa shape index (κ3) is 2.59. The summed E-state index contributed by atoms with van der Waals surface area (Å²) < 4.78 is 26.7. The van der Waals surface area contributed by atoms with Crippen LogP contribution < -0.4 is 10.6 Å². The summed E-state index contributed by atoms with van der Waals surface area (Å²) >= 11 is 0. The highest BCUT2D eigenvalue weighted by Crippen LogP contribution is 2.21. The second-order valence-corrected chi connectivity index (χ2v) is 4.15. The average Bonchev–Trinajstić information content (AvgIpc) is 2.34. The van der Waals surface area contributed by atoms with Gasteiger partial charge in [-0.25, -0.2) is 8.78 Å². The molecule has 0 aromatic heterocycles. The molecule has 0 radical (unpaired) electrons. The van der Waals surface area contributed by atoms with E-state index in [4.69, 9.17) is 5.73 Å². The minimum absolute atomic E-state index is 0.310. The van der Waals surface area contributed by atoms with E-state index in [0.29, 0.717) is 23.5 Å². The van der Waals surface area contributed by atoms with E-state index in [1.165, 1.54) is 24.3 Å². The minimum Gasteiger partial charge on any atom is -0.398 e. The van der Waals surface area contributed by atoms with E-state index in [2.05, 4.69) is 0 Å². The van der Waals surface area contributed by atoms with Gasteiger partial charge in [0.25, 0.3) is 0 Å². The number of hydrogen-bond acceptors (Lipinski definition) is 2. The van der Waals surface area contributed by atoms with Crippen LogP contribution in [-0.4, -0.2) is 7.05 Å². The first-order valence-electron chi connectivity index (χ1n) is 5.57. The molecular weight excluding hydrogens is 234 g/mol. The van der Waals surface area contributed by atoms with E-state index in [1.54, 1.807) is 30.1 Å². The molecular formula is C14H14F2N2. The van der Waals surface area contributed by atoms with Crippen LogP contribution in [0.2, 0.25) is 0 Å². The lowest BCUT2D eigenvalue weighted by atomic mass is 10.1. The molecule has 2 nitrogen and oxygen atoms in total. The molecule has 2 aromatic rings. The molecule has 0 heterocycles. The van der Waals surface area contributed by atoms with Crippen molar-refractivity contribution in [2.24, 2.45) is 0 Å². The van der Waals surface area contributed by atoms with E-state index >= 15 is 0 Å². The molecule has 18 heavy (non-hydrogen) atoms. The Morgan fingerprint density at radius 1 is 1.11 bits per heavy atom. The number of hydrogen-bond donors (Lipinski definition) is 1. The van der Waals surface area contributed by atoms with Crippen LogP contribution in [-0.2, 0) is 6.54 Å². The lowest BCUT2D eigenvalue weighted by molar-refractivity contribution is 0.619. The second-order valence-electron chi connectivity index (χ2n) is 4.15. The van der Waals surface area contributed by atoms with Gasteiger partial charge in [0.2, 0.25) is 0 Å².